The lowest BCUT2D eigenvalue weighted by atomic mass is 10.1. The Morgan fingerprint density at radius 2 is 1.57 bits per heavy atom. The highest BCUT2D eigenvalue weighted by atomic mass is 32.2. The Morgan fingerprint density at radius 3 is 2.04 bits per heavy atom. The molecule has 0 radical (unpaired) electrons. The number of nitrogens with zero attached hydrogens (tertiary/aromatic N) is 2. The number of hydrogen-bond donors (Lipinski definition) is 0. The smallest absolute Gasteiger partial charge is 0.338 e. The van der Waals surface area contributed by atoms with E-state index in [0.717, 1.165) is 0 Å². The summed E-state index contributed by atoms with van der Waals surface area (Å²) in [5.41, 5.74) is 0.724. The van der Waals surface area contributed by atoms with Crippen molar-refractivity contribution in [2.24, 2.45) is 0 Å². The fourth-order valence-electron chi connectivity index (χ4n) is 3.15. The minimum absolute atomic E-state index is 0.0181. The number of sulfonamides is 1. The third kappa shape index (κ3) is 5.54. The molecule has 0 heterocycles. The molecular formula is C20H32N2O5S. The van der Waals surface area contributed by atoms with Crippen molar-refractivity contribution in [2.75, 3.05) is 19.7 Å². The van der Waals surface area contributed by atoms with Crippen molar-refractivity contribution < 1.29 is 22.7 Å². The largest absolute Gasteiger partial charge is 0.452 e. The summed E-state index contributed by atoms with van der Waals surface area (Å²) >= 11 is 0. The first-order valence-corrected chi connectivity index (χ1v) is 11.0. The van der Waals surface area contributed by atoms with Gasteiger partial charge in [0.1, 0.15) is 0 Å². The summed E-state index contributed by atoms with van der Waals surface area (Å²) in [6.07, 6.45) is 0. The lowest BCUT2D eigenvalue weighted by Crippen LogP contribution is -2.44. The summed E-state index contributed by atoms with van der Waals surface area (Å²) < 4.78 is 31.9. The van der Waals surface area contributed by atoms with Crippen molar-refractivity contribution in [3.05, 3.63) is 29.3 Å². The molecule has 0 saturated carbocycles. The molecule has 0 N–H and O–H groups in total. The minimum Gasteiger partial charge on any atom is -0.452 e. The maximum atomic E-state index is 12.7. The number of benzene rings is 1. The van der Waals surface area contributed by atoms with E-state index >= 15 is 0 Å². The Bertz CT molecular complexity index is 791. The summed E-state index contributed by atoms with van der Waals surface area (Å²) in [5.74, 6) is -1.00. The van der Waals surface area contributed by atoms with Gasteiger partial charge < -0.3 is 9.64 Å². The Hall–Kier alpha value is -1.93. The highest BCUT2D eigenvalue weighted by molar-refractivity contribution is 7.89. The van der Waals surface area contributed by atoms with Crippen LogP contribution in [0.4, 0.5) is 0 Å². The van der Waals surface area contributed by atoms with Gasteiger partial charge in [0, 0.05) is 25.2 Å². The number of carbonyl (C=O) groups is 2. The van der Waals surface area contributed by atoms with Gasteiger partial charge >= 0.3 is 5.97 Å². The molecule has 0 aliphatic heterocycles. The number of ether oxygens (including phenoxy) is 1. The second kappa shape index (κ2) is 10.0. The van der Waals surface area contributed by atoms with Gasteiger partial charge in [-0.15, -0.1) is 0 Å². The van der Waals surface area contributed by atoms with Gasteiger partial charge in [-0.25, -0.2) is 13.2 Å². The van der Waals surface area contributed by atoms with E-state index in [1.165, 1.54) is 16.4 Å². The van der Waals surface area contributed by atoms with E-state index in [1.807, 2.05) is 27.7 Å². The molecule has 1 rings (SSSR count). The van der Waals surface area contributed by atoms with Crippen LogP contribution in [0.5, 0.6) is 0 Å². The van der Waals surface area contributed by atoms with E-state index in [4.69, 9.17) is 4.74 Å². The highest BCUT2D eigenvalue weighted by Gasteiger charge is 2.25. The van der Waals surface area contributed by atoms with E-state index < -0.39 is 16.0 Å². The zero-order valence-corrected chi connectivity index (χ0v) is 18.7. The molecule has 0 saturated heterocycles. The fraction of sp³-hybridized carbons (Fsp3) is 0.600. The quantitative estimate of drug-likeness (QED) is 0.582. The monoisotopic (exact) mass is 412 g/mol. The maximum Gasteiger partial charge on any atom is 0.338 e. The van der Waals surface area contributed by atoms with Crippen molar-refractivity contribution in [3.8, 4) is 0 Å². The normalized spacial score (nSPS) is 11.9. The summed E-state index contributed by atoms with van der Waals surface area (Å²) in [4.78, 5) is 26.6. The van der Waals surface area contributed by atoms with Gasteiger partial charge in [0.2, 0.25) is 10.0 Å². The van der Waals surface area contributed by atoms with Crippen LogP contribution in [0.25, 0.3) is 0 Å². The van der Waals surface area contributed by atoms with Crippen LogP contribution in [-0.4, -0.2) is 61.3 Å². The van der Waals surface area contributed by atoms with Crippen LogP contribution in [0.15, 0.2) is 23.1 Å². The van der Waals surface area contributed by atoms with Gasteiger partial charge in [0.05, 0.1) is 10.5 Å². The number of amides is 1. The third-order valence-electron chi connectivity index (χ3n) is 4.50. The first-order valence-electron chi connectivity index (χ1n) is 9.56. The summed E-state index contributed by atoms with van der Waals surface area (Å²) in [6.45, 7) is 13.1. The second-order valence-electron chi connectivity index (χ2n) is 7.13. The molecule has 0 unspecified atom stereocenters. The summed E-state index contributed by atoms with van der Waals surface area (Å²) in [6, 6.07) is 4.33. The van der Waals surface area contributed by atoms with Crippen molar-refractivity contribution in [1.29, 1.82) is 0 Å². The van der Waals surface area contributed by atoms with E-state index in [0.29, 0.717) is 18.7 Å². The first kappa shape index (κ1) is 24.1. The van der Waals surface area contributed by atoms with Crippen molar-refractivity contribution in [1.82, 2.24) is 9.21 Å². The van der Waals surface area contributed by atoms with E-state index in [1.54, 1.807) is 31.7 Å². The third-order valence-corrected chi connectivity index (χ3v) is 6.55. The van der Waals surface area contributed by atoms with E-state index in [9.17, 15) is 18.0 Å². The lowest BCUT2D eigenvalue weighted by molar-refractivity contribution is -0.138. The van der Waals surface area contributed by atoms with Crippen LogP contribution in [0.3, 0.4) is 0 Å². The van der Waals surface area contributed by atoms with Crippen molar-refractivity contribution in [3.63, 3.8) is 0 Å². The zero-order chi connectivity index (χ0) is 21.6. The molecule has 7 nitrogen and oxygen atoms in total. The summed E-state index contributed by atoms with van der Waals surface area (Å²) in [5, 5.41) is 0. The van der Waals surface area contributed by atoms with Crippen molar-refractivity contribution >= 4 is 21.9 Å². The zero-order valence-electron chi connectivity index (χ0n) is 17.9. The Labute approximate surface area is 168 Å². The molecule has 1 aromatic rings. The van der Waals surface area contributed by atoms with Gasteiger partial charge in [-0.3, -0.25) is 4.79 Å². The molecule has 0 aromatic heterocycles. The molecule has 0 fully saturated rings. The molecular weight excluding hydrogens is 380 g/mol. The second-order valence-corrected chi connectivity index (χ2v) is 9.07. The van der Waals surface area contributed by atoms with Gasteiger partial charge in [-0.2, -0.15) is 4.31 Å². The number of rotatable bonds is 9. The standard InChI is InChI=1S/C20H32N2O5S/c1-8-21(9-2)28(25,26)17-11-10-16(7)18(12-17)20(24)27-13-19(23)22(14(3)4)15(5)6/h10-12,14-15H,8-9,13H2,1-7H3. The number of hydrogen-bond acceptors (Lipinski definition) is 5. The van der Waals surface area contributed by atoms with Crippen LogP contribution < -0.4 is 0 Å². The van der Waals surface area contributed by atoms with E-state index in [-0.39, 0.29) is 35.1 Å². The van der Waals surface area contributed by atoms with Crippen LogP contribution in [0.2, 0.25) is 0 Å². The van der Waals surface area contributed by atoms with Gasteiger partial charge in [-0.05, 0) is 52.3 Å². The first-order chi connectivity index (χ1) is 13.0. The van der Waals surface area contributed by atoms with Crippen LogP contribution in [0.1, 0.15) is 57.5 Å². The van der Waals surface area contributed by atoms with Crippen LogP contribution >= 0.6 is 0 Å². The lowest BCUT2D eigenvalue weighted by Gasteiger charge is -2.30. The Balaban J connectivity index is 3.05. The van der Waals surface area contributed by atoms with Gasteiger partial charge in [0.15, 0.2) is 6.61 Å². The molecule has 0 aliphatic rings. The van der Waals surface area contributed by atoms with Gasteiger partial charge in [-0.1, -0.05) is 19.9 Å². The average molecular weight is 413 g/mol. The van der Waals surface area contributed by atoms with Crippen molar-refractivity contribution in [2.45, 2.75) is 65.4 Å². The highest BCUT2D eigenvalue weighted by Crippen LogP contribution is 2.20. The van der Waals surface area contributed by atoms with Gasteiger partial charge in [0.25, 0.3) is 5.91 Å². The maximum absolute atomic E-state index is 12.7. The number of esters is 1. The molecule has 0 atom stereocenters. The average Bonchev–Trinajstić information content (AvgIpc) is 2.60. The molecule has 28 heavy (non-hydrogen) atoms. The summed E-state index contributed by atoms with van der Waals surface area (Å²) in [7, 11) is -3.69. The molecule has 0 bridgehead atoms. The Morgan fingerprint density at radius 1 is 1.04 bits per heavy atom. The Kier molecular flexibility index (Phi) is 8.63. The molecule has 1 amide bonds. The molecule has 0 spiro atoms. The van der Waals surface area contributed by atoms with Crippen LogP contribution in [-0.2, 0) is 19.6 Å². The molecule has 1 aromatic carbocycles. The predicted octanol–water partition coefficient (Wildman–Crippen LogP) is 2.83. The topological polar surface area (TPSA) is 84.0 Å². The minimum atomic E-state index is -3.69. The van der Waals surface area contributed by atoms with Crippen LogP contribution in [0, 0.1) is 6.92 Å². The molecule has 158 valence electrons. The molecule has 0 aliphatic carbocycles. The van der Waals surface area contributed by atoms with E-state index in [2.05, 4.69) is 0 Å². The number of carbonyl (C=O) groups excluding carboxylic acids is 2. The fourth-order valence-corrected chi connectivity index (χ4v) is 4.63. The molecule has 8 heteroatoms. The SMILES string of the molecule is CCN(CC)S(=O)(=O)c1ccc(C)c(C(=O)OCC(=O)N(C(C)C)C(C)C)c1. The number of aryl methyl sites for hydroxylation is 1. The predicted molar refractivity (Wildman–Crippen MR) is 109 cm³/mol.